The third-order valence-electron chi connectivity index (χ3n) is 4.71. The SMILES string of the molecule is Cl.Cl.O=C(CCN1CCN(c2ccccn2)CC1)NCC1CCCN1. The van der Waals surface area contributed by atoms with Gasteiger partial charge in [-0.15, -0.1) is 24.8 Å². The van der Waals surface area contributed by atoms with Gasteiger partial charge in [0.2, 0.25) is 5.91 Å². The van der Waals surface area contributed by atoms with Crippen molar-refractivity contribution in [1.29, 1.82) is 0 Å². The van der Waals surface area contributed by atoms with Crippen molar-refractivity contribution >= 4 is 36.5 Å². The minimum absolute atomic E-state index is 0. The molecule has 0 spiro atoms. The molecule has 8 heteroatoms. The second kappa shape index (κ2) is 11.5. The van der Waals surface area contributed by atoms with Crippen LogP contribution in [0.3, 0.4) is 0 Å². The second-order valence-electron chi connectivity index (χ2n) is 6.36. The summed E-state index contributed by atoms with van der Waals surface area (Å²) in [5, 5.41) is 6.45. The quantitative estimate of drug-likeness (QED) is 0.767. The van der Waals surface area contributed by atoms with Crippen molar-refractivity contribution < 1.29 is 4.79 Å². The van der Waals surface area contributed by atoms with Crippen LogP contribution in [0.25, 0.3) is 0 Å². The van der Waals surface area contributed by atoms with Crippen molar-refractivity contribution in [3.8, 4) is 0 Å². The van der Waals surface area contributed by atoms with Crippen LogP contribution in [0.4, 0.5) is 5.82 Å². The van der Waals surface area contributed by atoms with Crippen LogP contribution in [0.5, 0.6) is 0 Å². The molecule has 25 heavy (non-hydrogen) atoms. The van der Waals surface area contributed by atoms with E-state index in [9.17, 15) is 4.79 Å². The van der Waals surface area contributed by atoms with Crippen molar-refractivity contribution in [2.75, 3.05) is 50.7 Å². The molecular formula is C17H29Cl2N5O. The van der Waals surface area contributed by atoms with Crippen molar-refractivity contribution in [1.82, 2.24) is 20.5 Å². The van der Waals surface area contributed by atoms with Gasteiger partial charge in [-0.1, -0.05) is 6.07 Å². The Morgan fingerprint density at radius 1 is 1.24 bits per heavy atom. The fourth-order valence-electron chi connectivity index (χ4n) is 3.26. The number of nitrogens with one attached hydrogen (secondary N) is 2. The molecule has 1 atom stereocenters. The molecule has 1 amide bonds. The molecule has 3 rings (SSSR count). The van der Waals surface area contributed by atoms with E-state index in [1.807, 2.05) is 18.3 Å². The van der Waals surface area contributed by atoms with Crippen LogP contribution >= 0.6 is 24.8 Å². The summed E-state index contributed by atoms with van der Waals surface area (Å²) in [5.74, 6) is 1.22. The standard InChI is InChI=1S/C17H27N5O.2ClH/c23-17(20-14-15-4-3-8-18-15)6-9-21-10-12-22(13-11-21)16-5-1-2-7-19-16;;/h1-2,5,7,15,18H,3-4,6,8-14H2,(H,20,23);2*1H. The third kappa shape index (κ3) is 6.98. The van der Waals surface area contributed by atoms with E-state index in [2.05, 4.69) is 31.5 Å². The number of hydrogen-bond acceptors (Lipinski definition) is 5. The van der Waals surface area contributed by atoms with Crippen LogP contribution in [0.15, 0.2) is 24.4 Å². The van der Waals surface area contributed by atoms with Gasteiger partial charge in [-0.3, -0.25) is 9.69 Å². The van der Waals surface area contributed by atoms with E-state index in [1.165, 1.54) is 12.8 Å². The number of nitrogens with zero attached hydrogens (tertiary/aromatic N) is 3. The van der Waals surface area contributed by atoms with E-state index in [4.69, 9.17) is 0 Å². The topological polar surface area (TPSA) is 60.5 Å². The number of rotatable bonds is 6. The highest BCUT2D eigenvalue weighted by molar-refractivity contribution is 5.85. The van der Waals surface area contributed by atoms with Gasteiger partial charge in [-0.25, -0.2) is 4.98 Å². The third-order valence-corrected chi connectivity index (χ3v) is 4.71. The van der Waals surface area contributed by atoms with Gasteiger partial charge >= 0.3 is 0 Å². The Morgan fingerprint density at radius 3 is 2.68 bits per heavy atom. The van der Waals surface area contributed by atoms with Crippen LogP contribution in [0, 0.1) is 0 Å². The molecule has 1 unspecified atom stereocenters. The Balaban J connectivity index is 0.00000156. The Morgan fingerprint density at radius 2 is 2.04 bits per heavy atom. The molecule has 6 nitrogen and oxygen atoms in total. The minimum atomic E-state index is 0. The molecule has 0 bridgehead atoms. The van der Waals surface area contributed by atoms with Gasteiger partial charge in [-0.2, -0.15) is 0 Å². The molecule has 2 aliphatic heterocycles. The zero-order valence-corrected chi connectivity index (χ0v) is 16.2. The van der Waals surface area contributed by atoms with E-state index in [0.717, 1.165) is 51.6 Å². The van der Waals surface area contributed by atoms with E-state index >= 15 is 0 Å². The Labute approximate surface area is 162 Å². The van der Waals surface area contributed by atoms with Crippen LogP contribution in [0.1, 0.15) is 19.3 Å². The molecule has 2 saturated heterocycles. The first-order chi connectivity index (χ1) is 11.3. The highest BCUT2D eigenvalue weighted by Crippen LogP contribution is 2.12. The van der Waals surface area contributed by atoms with Gasteiger partial charge in [0, 0.05) is 57.9 Å². The van der Waals surface area contributed by atoms with E-state index in [1.54, 1.807) is 0 Å². The summed E-state index contributed by atoms with van der Waals surface area (Å²) in [7, 11) is 0. The lowest BCUT2D eigenvalue weighted by Gasteiger charge is -2.35. The van der Waals surface area contributed by atoms with Crippen molar-refractivity contribution in [2.45, 2.75) is 25.3 Å². The zero-order valence-electron chi connectivity index (χ0n) is 14.5. The maximum atomic E-state index is 11.9. The molecule has 0 aromatic carbocycles. The van der Waals surface area contributed by atoms with Crippen LogP contribution in [0.2, 0.25) is 0 Å². The van der Waals surface area contributed by atoms with Gasteiger partial charge in [0.15, 0.2) is 0 Å². The zero-order chi connectivity index (χ0) is 15.9. The van der Waals surface area contributed by atoms with E-state index in [-0.39, 0.29) is 30.7 Å². The number of hydrogen-bond donors (Lipinski definition) is 2. The number of piperazine rings is 1. The summed E-state index contributed by atoms with van der Waals surface area (Å²) < 4.78 is 0. The Bertz CT molecular complexity index is 491. The smallest absolute Gasteiger partial charge is 0.221 e. The van der Waals surface area contributed by atoms with Crippen molar-refractivity contribution in [3.63, 3.8) is 0 Å². The molecule has 2 aliphatic rings. The average molecular weight is 390 g/mol. The Hall–Kier alpha value is -1.08. The first-order valence-corrected chi connectivity index (χ1v) is 8.70. The fourth-order valence-corrected chi connectivity index (χ4v) is 3.26. The average Bonchev–Trinajstić information content (AvgIpc) is 3.13. The molecule has 3 heterocycles. The second-order valence-corrected chi connectivity index (χ2v) is 6.36. The first kappa shape index (κ1) is 22.0. The van der Waals surface area contributed by atoms with E-state index in [0.29, 0.717) is 12.5 Å². The molecular weight excluding hydrogens is 361 g/mol. The fraction of sp³-hybridized carbons (Fsp3) is 0.647. The first-order valence-electron chi connectivity index (χ1n) is 8.70. The van der Waals surface area contributed by atoms with Crippen LogP contribution in [-0.4, -0.2) is 67.6 Å². The van der Waals surface area contributed by atoms with Gasteiger partial charge in [0.05, 0.1) is 0 Å². The van der Waals surface area contributed by atoms with Crippen molar-refractivity contribution in [3.05, 3.63) is 24.4 Å². The summed E-state index contributed by atoms with van der Waals surface area (Å²) in [6.45, 7) is 6.64. The van der Waals surface area contributed by atoms with Gasteiger partial charge < -0.3 is 15.5 Å². The molecule has 1 aromatic rings. The molecule has 2 N–H and O–H groups in total. The Kier molecular flexibility index (Phi) is 10.1. The minimum Gasteiger partial charge on any atom is -0.354 e. The molecule has 1 aromatic heterocycles. The maximum absolute atomic E-state index is 11.9. The molecule has 0 aliphatic carbocycles. The summed E-state index contributed by atoms with van der Waals surface area (Å²) in [4.78, 5) is 21.0. The largest absolute Gasteiger partial charge is 0.354 e. The number of pyridine rings is 1. The number of carbonyl (C=O) groups excluding carboxylic acids is 1. The lowest BCUT2D eigenvalue weighted by Crippen LogP contribution is -2.47. The van der Waals surface area contributed by atoms with E-state index < -0.39 is 0 Å². The van der Waals surface area contributed by atoms with Gasteiger partial charge in [0.1, 0.15) is 5.82 Å². The van der Waals surface area contributed by atoms with Crippen LogP contribution in [-0.2, 0) is 4.79 Å². The summed E-state index contributed by atoms with van der Waals surface area (Å²) >= 11 is 0. The molecule has 2 fully saturated rings. The number of aromatic nitrogens is 1. The summed E-state index contributed by atoms with van der Waals surface area (Å²) in [6.07, 6.45) is 4.83. The predicted molar refractivity (Wildman–Crippen MR) is 106 cm³/mol. The summed E-state index contributed by atoms with van der Waals surface area (Å²) in [6, 6.07) is 6.50. The number of anilines is 1. The monoisotopic (exact) mass is 389 g/mol. The van der Waals surface area contributed by atoms with Crippen molar-refractivity contribution in [2.24, 2.45) is 0 Å². The summed E-state index contributed by atoms with van der Waals surface area (Å²) in [5.41, 5.74) is 0. The molecule has 0 saturated carbocycles. The number of halogens is 2. The maximum Gasteiger partial charge on any atom is 0.221 e. The normalized spacial score (nSPS) is 20.5. The van der Waals surface area contributed by atoms with Gasteiger partial charge in [-0.05, 0) is 31.5 Å². The lowest BCUT2D eigenvalue weighted by molar-refractivity contribution is -0.121. The molecule has 142 valence electrons. The highest BCUT2D eigenvalue weighted by atomic mass is 35.5. The molecule has 0 radical (unpaired) electrons. The number of carbonyl (C=O) groups is 1. The lowest BCUT2D eigenvalue weighted by atomic mass is 10.2. The predicted octanol–water partition coefficient (Wildman–Crippen LogP) is 1.31. The number of amides is 1. The highest BCUT2D eigenvalue weighted by Gasteiger charge is 2.19. The van der Waals surface area contributed by atoms with Crippen LogP contribution < -0.4 is 15.5 Å². The van der Waals surface area contributed by atoms with Gasteiger partial charge in [0.25, 0.3) is 0 Å².